The maximum absolute atomic E-state index is 13.5. The van der Waals surface area contributed by atoms with E-state index in [9.17, 15) is 13.6 Å². The summed E-state index contributed by atoms with van der Waals surface area (Å²) < 4.78 is 28.0. The van der Waals surface area contributed by atoms with Crippen LogP contribution in [0.4, 0.5) is 8.78 Å². The molecule has 2 rings (SSSR count). The van der Waals surface area contributed by atoms with Gasteiger partial charge in [-0.25, -0.2) is 8.78 Å². The molecule has 0 bridgehead atoms. The number of halogens is 3. The molecule has 6 heteroatoms. The van der Waals surface area contributed by atoms with Crippen LogP contribution in [0.1, 0.15) is 16.1 Å². The molecule has 0 amide bonds. The van der Waals surface area contributed by atoms with Crippen molar-refractivity contribution in [3.8, 4) is 0 Å². The molecule has 3 nitrogen and oxygen atoms in total. The van der Waals surface area contributed by atoms with Crippen LogP contribution >= 0.6 is 11.6 Å². The fourth-order valence-electron chi connectivity index (χ4n) is 1.37. The molecule has 1 heterocycles. The molecule has 0 unspecified atom stereocenters. The summed E-state index contributed by atoms with van der Waals surface area (Å²) in [7, 11) is 1.62. The molecule has 17 heavy (non-hydrogen) atoms. The number of benzene rings is 1. The molecule has 0 radical (unpaired) electrons. The van der Waals surface area contributed by atoms with E-state index in [1.54, 1.807) is 7.05 Å². The summed E-state index contributed by atoms with van der Waals surface area (Å²) in [5.41, 5.74) is -0.335. The van der Waals surface area contributed by atoms with Gasteiger partial charge in [-0.15, -0.1) is 0 Å². The van der Waals surface area contributed by atoms with E-state index in [1.807, 2.05) is 0 Å². The largest absolute Gasteiger partial charge is 0.287 e. The Labute approximate surface area is 101 Å². The van der Waals surface area contributed by atoms with Crippen LogP contribution in [0.2, 0.25) is 5.02 Å². The fraction of sp³-hybridized carbons (Fsp3) is 0.0909. The first-order valence-electron chi connectivity index (χ1n) is 4.68. The first-order valence-corrected chi connectivity index (χ1v) is 5.05. The Morgan fingerprint density at radius 3 is 2.65 bits per heavy atom. The number of aromatic nitrogens is 2. The lowest BCUT2D eigenvalue weighted by Gasteiger charge is -2.01. The van der Waals surface area contributed by atoms with Crippen LogP contribution in [-0.4, -0.2) is 15.6 Å². The van der Waals surface area contributed by atoms with Gasteiger partial charge in [0, 0.05) is 13.2 Å². The molecule has 0 saturated carbocycles. The number of ketones is 1. The third-order valence-electron chi connectivity index (χ3n) is 2.20. The van der Waals surface area contributed by atoms with E-state index in [0.717, 1.165) is 12.1 Å². The lowest BCUT2D eigenvalue weighted by molar-refractivity contribution is 0.102. The number of carbonyl (C=O) groups excluding carboxylic acids is 1. The predicted molar refractivity (Wildman–Crippen MR) is 58.0 cm³/mol. The van der Waals surface area contributed by atoms with Crippen LogP contribution < -0.4 is 0 Å². The van der Waals surface area contributed by atoms with Gasteiger partial charge in [0.2, 0.25) is 5.78 Å². The SMILES string of the molecule is Cn1ccc(C(=O)c2cc(F)c(Cl)cc2F)n1. The van der Waals surface area contributed by atoms with Gasteiger partial charge in [0.05, 0.1) is 10.6 Å². The predicted octanol–water partition coefficient (Wildman–Crippen LogP) is 2.58. The van der Waals surface area contributed by atoms with Crippen molar-refractivity contribution in [2.75, 3.05) is 0 Å². The lowest BCUT2D eigenvalue weighted by atomic mass is 10.1. The number of hydrogen-bond acceptors (Lipinski definition) is 2. The van der Waals surface area contributed by atoms with Crippen molar-refractivity contribution < 1.29 is 13.6 Å². The van der Waals surface area contributed by atoms with Gasteiger partial charge in [0.1, 0.15) is 17.3 Å². The highest BCUT2D eigenvalue weighted by molar-refractivity contribution is 6.30. The summed E-state index contributed by atoms with van der Waals surface area (Å²) in [6.07, 6.45) is 1.54. The molecule has 1 aromatic carbocycles. The van der Waals surface area contributed by atoms with Crippen LogP contribution in [0.3, 0.4) is 0 Å². The molecular formula is C11H7ClF2N2O. The second kappa shape index (κ2) is 4.25. The minimum Gasteiger partial charge on any atom is -0.287 e. The normalized spacial score (nSPS) is 10.6. The zero-order chi connectivity index (χ0) is 12.6. The van der Waals surface area contributed by atoms with E-state index in [0.29, 0.717) is 0 Å². The van der Waals surface area contributed by atoms with E-state index in [2.05, 4.69) is 5.10 Å². The number of rotatable bonds is 2. The minimum atomic E-state index is -0.868. The third-order valence-corrected chi connectivity index (χ3v) is 2.49. The van der Waals surface area contributed by atoms with Crippen molar-refractivity contribution in [3.05, 3.63) is 52.3 Å². The molecular weight excluding hydrogens is 250 g/mol. The van der Waals surface area contributed by atoms with Crippen LogP contribution in [-0.2, 0) is 7.05 Å². The lowest BCUT2D eigenvalue weighted by Crippen LogP contribution is -2.06. The van der Waals surface area contributed by atoms with Crippen LogP contribution in [0.5, 0.6) is 0 Å². The van der Waals surface area contributed by atoms with Gasteiger partial charge in [0.25, 0.3) is 0 Å². The molecule has 0 aliphatic heterocycles. The summed E-state index contributed by atoms with van der Waals surface area (Å²) in [6, 6.07) is 2.97. The topological polar surface area (TPSA) is 34.9 Å². The van der Waals surface area contributed by atoms with Gasteiger partial charge in [-0.3, -0.25) is 9.48 Å². The quantitative estimate of drug-likeness (QED) is 0.611. The smallest absolute Gasteiger partial charge is 0.216 e. The molecule has 0 aliphatic rings. The summed E-state index contributed by atoms with van der Waals surface area (Å²) in [5, 5.41) is 3.46. The highest BCUT2D eigenvalue weighted by atomic mass is 35.5. The summed E-state index contributed by atoms with van der Waals surface area (Å²) >= 11 is 5.39. The van der Waals surface area contributed by atoms with Crippen LogP contribution in [0.15, 0.2) is 24.4 Å². The zero-order valence-corrected chi connectivity index (χ0v) is 9.50. The van der Waals surface area contributed by atoms with Crippen molar-refractivity contribution >= 4 is 17.4 Å². The Morgan fingerprint density at radius 2 is 2.06 bits per heavy atom. The highest BCUT2D eigenvalue weighted by Gasteiger charge is 2.18. The fourth-order valence-corrected chi connectivity index (χ4v) is 1.52. The van der Waals surface area contributed by atoms with Crippen molar-refractivity contribution in [1.82, 2.24) is 9.78 Å². The Balaban J connectivity index is 2.47. The Morgan fingerprint density at radius 1 is 1.35 bits per heavy atom. The van der Waals surface area contributed by atoms with Crippen molar-refractivity contribution in [2.45, 2.75) is 0 Å². The monoisotopic (exact) mass is 256 g/mol. The molecule has 0 N–H and O–H groups in total. The maximum atomic E-state index is 13.5. The Hall–Kier alpha value is -1.75. The second-order valence-electron chi connectivity index (χ2n) is 3.45. The summed E-state index contributed by atoms with van der Waals surface area (Å²) in [6.45, 7) is 0. The van der Waals surface area contributed by atoms with E-state index < -0.39 is 17.4 Å². The van der Waals surface area contributed by atoms with E-state index >= 15 is 0 Å². The summed E-state index contributed by atoms with van der Waals surface area (Å²) in [4.78, 5) is 11.8. The number of nitrogens with zero attached hydrogens (tertiary/aromatic N) is 2. The average Bonchev–Trinajstić information content (AvgIpc) is 2.69. The molecule has 0 spiro atoms. The highest BCUT2D eigenvalue weighted by Crippen LogP contribution is 2.21. The van der Waals surface area contributed by atoms with E-state index in [-0.39, 0.29) is 16.3 Å². The molecule has 0 atom stereocenters. The number of hydrogen-bond donors (Lipinski definition) is 0. The first-order chi connectivity index (χ1) is 7.99. The van der Waals surface area contributed by atoms with Gasteiger partial charge in [-0.1, -0.05) is 11.6 Å². The maximum Gasteiger partial charge on any atom is 0.216 e. The number of carbonyl (C=O) groups is 1. The average molecular weight is 257 g/mol. The van der Waals surface area contributed by atoms with Gasteiger partial charge in [0.15, 0.2) is 0 Å². The molecule has 1 aromatic heterocycles. The van der Waals surface area contributed by atoms with Crippen molar-refractivity contribution in [3.63, 3.8) is 0 Å². The van der Waals surface area contributed by atoms with E-state index in [1.165, 1.54) is 16.9 Å². The second-order valence-corrected chi connectivity index (χ2v) is 3.86. The van der Waals surface area contributed by atoms with E-state index in [4.69, 9.17) is 11.6 Å². The Kier molecular flexibility index (Phi) is 2.93. The molecule has 0 aliphatic carbocycles. The van der Waals surface area contributed by atoms with Gasteiger partial charge in [-0.2, -0.15) is 5.10 Å². The van der Waals surface area contributed by atoms with Crippen molar-refractivity contribution in [2.24, 2.45) is 7.05 Å². The summed E-state index contributed by atoms with van der Waals surface area (Å²) in [5.74, 6) is -2.39. The third kappa shape index (κ3) is 2.19. The van der Waals surface area contributed by atoms with Gasteiger partial charge < -0.3 is 0 Å². The minimum absolute atomic E-state index is 0.0492. The molecule has 0 fully saturated rings. The zero-order valence-electron chi connectivity index (χ0n) is 8.75. The molecule has 0 saturated heterocycles. The van der Waals surface area contributed by atoms with Crippen LogP contribution in [0.25, 0.3) is 0 Å². The molecule has 88 valence electrons. The van der Waals surface area contributed by atoms with Gasteiger partial charge >= 0.3 is 0 Å². The van der Waals surface area contributed by atoms with Crippen LogP contribution in [0, 0.1) is 11.6 Å². The van der Waals surface area contributed by atoms with Gasteiger partial charge in [-0.05, 0) is 18.2 Å². The first kappa shape index (κ1) is 11.7. The number of aryl methyl sites for hydroxylation is 1. The standard InChI is InChI=1S/C11H7ClF2N2O/c1-16-3-2-10(15-16)11(17)6-4-9(14)7(12)5-8(6)13/h2-5H,1H3. The molecule has 2 aromatic rings. The Bertz CT molecular complexity index is 595. The van der Waals surface area contributed by atoms with Crippen molar-refractivity contribution in [1.29, 1.82) is 0 Å².